The van der Waals surface area contributed by atoms with Gasteiger partial charge in [0.05, 0.1) is 4.90 Å². The first-order valence-corrected chi connectivity index (χ1v) is 8.64. The van der Waals surface area contributed by atoms with Crippen molar-refractivity contribution < 1.29 is 8.42 Å². The van der Waals surface area contributed by atoms with Crippen molar-refractivity contribution in [3.63, 3.8) is 0 Å². The van der Waals surface area contributed by atoms with Crippen molar-refractivity contribution in [2.24, 2.45) is 11.8 Å². The molecule has 114 valence electrons. The highest BCUT2D eigenvalue weighted by Crippen LogP contribution is 2.31. The molecule has 2 heterocycles. The zero-order chi connectivity index (χ0) is 14.9. The fraction of sp³-hybridized carbons (Fsp3) is 0.714. The lowest BCUT2D eigenvalue weighted by molar-refractivity contribution is 0.157. The van der Waals surface area contributed by atoms with Crippen LogP contribution in [0.3, 0.4) is 0 Å². The molecule has 2 N–H and O–H groups in total. The standard InChI is InChI=1S/C14H25N3O2S/c1-10-5-11(2)12(3)17(9-10)20(18,19)14-6-13(7-15-4)16-8-14/h6,8,10-12,15-16H,5,7,9H2,1-4H3. The number of nitrogens with zero attached hydrogens (tertiary/aromatic N) is 1. The van der Waals surface area contributed by atoms with Crippen LogP contribution in [0.4, 0.5) is 0 Å². The first kappa shape index (κ1) is 15.5. The molecule has 0 spiro atoms. The zero-order valence-corrected chi connectivity index (χ0v) is 13.5. The van der Waals surface area contributed by atoms with Gasteiger partial charge in [-0.3, -0.25) is 0 Å². The molecule has 2 rings (SSSR count). The third kappa shape index (κ3) is 2.92. The van der Waals surface area contributed by atoms with E-state index in [0.717, 1.165) is 12.1 Å². The second-order valence-corrected chi connectivity index (χ2v) is 7.91. The summed E-state index contributed by atoms with van der Waals surface area (Å²) in [6.07, 6.45) is 2.68. The first-order valence-electron chi connectivity index (χ1n) is 7.20. The molecule has 1 fully saturated rings. The lowest BCUT2D eigenvalue weighted by atomic mass is 9.88. The lowest BCUT2D eigenvalue weighted by Gasteiger charge is -2.39. The minimum atomic E-state index is -3.40. The normalized spacial score (nSPS) is 28.7. The van der Waals surface area contributed by atoms with E-state index in [2.05, 4.69) is 24.1 Å². The van der Waals surface area contributed by atoms with Crippen molar-refractivity contribution in [2.75, 3.05) is 13.6 Å². The molecule has 0 saturated carbocycles. The first-order chi connectivity index (χ1) is 9.36. The minimum Gasteiger partial charge on any atom is -0.363 e. The van der Waals surface area contributed by atoms with Gasteiger partial charge in [0.25, 0.3) is 0 Å². The predicted octanol–water partition coefficient (Wildman–Crippen LogP) is 1.79. The van der Waals surface area contributed by atoms with Gasteiger partial charge in [-0.1, -0.05) is 13.8 Å². The molecular formula is C14H25N3O2S. The van der Waals surface area contributed by atoms with E-state index in [1.54, 1.807) is 16.6 Å². The van der Waals surface area contributed by atoms with Crippen molar-refractivity contribution in [1.29, 1.82) is 0 Å². The van der Waals surface area contributed by atoms with Gasteiger partial charge in [0.2, 0.25) is 10.0 Å². The maximum atomic E-state index is 12.8. The highest BCUT2D eigenvalue weighted by Gasteiger charge is 2.37. The molecule has 0 radical (unpaired) electrons. The van der Waals surface area contributed by atoms with Gasteiger partial charge in [-0.05, 0) is 38.3 Å². The molecule has 1 saturated heterocycles. The van der Waals surface area contributed by atoms with E-state index in [-0.39, 0.29) is 6.04 Å². The molecule has 5 nitrogen and oxygen atoms in total. The number of hydrogen-bond donors (Lipinski definition) is 2. The Hall–Kier alpha value is -0.850. The van der Waals surface area contributed by atoms with E-state index in [0.29, 0.717) is 29.8 Å². The van der Waals surface area contributed by atoms with E-state index in [1.165, 1.54) is 0 Å². The van der Waals surface area contributed by atoms with E-state index >= 15 is 0 Å². The van der Waals surface area contributed by atoms with E-state index in [9.17, 15) is 8.42 Å². The van der Waals surface area contributed by atoms with Crippen LogP contribution in [-0.4, -0.2) is 37.3 Å². The summed E-state index contributed by atoms with van der Waals surface area (Å²) in [6.45, 7) is 7.51. The summed E-state index contributed by atoms with van der Waals surface area (Å²) in [5.41, 5.74) is 0.886. The van der Waals surface area contributed by atoms with E-state index in [4.69, 9.17) is 0 Å². The van der Waals surface area contributed by atoms with Gasteiger partial charge in [0, 0.05) is 31.0 Å². The summed E-state index contributed by atoms with van der Waals surface area (Å²) >= 11 is 0. The van der Waals surface area contributed by atoms with Gasteiger partial charge in [0.15, 0.2) is 0 Å². The van der Waals surface area contributed by atoms with Crippen LogP contribution in [0.25, 0.3) is 0 Å². The van der Waals surface area contributed by atoms with E-state index < -0.39 is 10.0 Å². The Morgan fingerprint density at radius 2 is 2.10 bits per heavy atom. The quantitative estimate of drug-likeness (QED) is 0.891. The monoisotopic (exact) mass is 299 g/mol. The summed E-state index contributed by atoms with van der Waals surface area (Å²) in [6, 6.07) is 1.78. The molecule has 20 heavy (non-hydrogen) atoms. The average Bonchev–Trinajstić information content (AvgIpc) is 2.83. The Labute approximate surface area is 121 Å². The van der Waals surface area contributed by atoms with Crippen LogP contribution in [0, 0.1) is 11.8 Å². The summed E-state index contributed by atoms with van der Waals surface area (Å²) < 4.78 is 27.2. The fourth-order valence-electron chi connectivity index (χ4n) is 2.98. The maximum Gasteiger partial charge on any atom is 0.244 e. The summed E-state index contributed by atoms with van der Waals surface area (Å²) in [5.74, 6) is 0.802. The Morgan fingerprint density at radius 3 is 2.75 bits per heavy atom. The van der Waals surface area contributed by atoms with Crippen molar-refractivity contribution in [1.82, 2.24) is 14.6 Å². The zero-order valence-electron chi connectivity index (χ0n) is 12.7. The van der Waals surface area contributed by atoms with Crippen LogP contribution in [0.5, 0.6) is 0 Å². The number of sulfonamides is 1. The number of H-pyrrole nitrogens is 1. The molecule has 1 aromatic rings. The minimum absolute atomic E-state index is 0.0545. The van der Waals surface area contributed by atoms with Gasteiger partial charge in [-0.25, -0.2) is 8.42 Å². The molecule has 1 aliphatic rings. The number of nitrogens with one attached hydrogen (secondary N) is 2. The van der Waals surface area contributed by atoms with Gasteiger partial charge in [-0.2, -0.15) is 4.31 Å². The number of rotatable bonds is 4. The number of aromatic amines is 1. The van der Waals surface area contributed by atoms with Crippen molar-refractivity contribution >= 4 is 10.0 Å². The van der Waals surface area contributed by atoms with Crippen LogP contribution >= 0.6 is 0 Å². The fourth-order valence-corrected chi connectivity index (χ4v) is 4.84. The molecule has 0 aromatic carbocycles. The molecule has 0 bridgehead atoms. The highest BCUT2D eigenvalue weighted by atomic mass is 32.2. The molecule has 0 aliphatic carbocycles. The summed E-state index contributed by atoms with van der Waals surface area (Å²) in [5, 5.41) is 3.01. The largest absolute Gasteiger partial charge is 0.363 e. The van der Waals surface area contributed by atoms with Gasteiger partial charge in [-0.15, -0.1) is 0 Å². The third-order valence-electron chi connectivity index (χ3n) is 4.23. The van der Waals surface area contributed by atoms with Crippen LogP contribution in [0.15, 0.2) is 17.2 Å². The number of aromatic nitrogens is 1. The van der Waals surface area contributed by atoms with Crippen molar-refractivity contribution in [3.05, 3.63) is 18.0 Å². The van der Waals surface area contributed by atoms with Crippen molar-refractivity contribution in [3.8, 4) is 0 Å². The van der Waals surface area contributed by atoms with Crippen LogP contribution in [0.1, 0.15) is 32.9 Å². The Kier molecular flexibility index (Phi) is 4.56. The van der Waals surface area contributed by atoms with Gasteiger partial charge >= 0.3 is 0 Å². The van der Waals surface area contributed by atoms with Crippen LogP contribution in [-0.2, 0) is 16.6 Å². The smallest absolute Gasteiger partial charge is 0.244 e. The topological polar surface area (TPSA) is 65.2 Å². The Bertz CT molecular complexity index is 553. The van der Waals surface area contributed by atoms with Gasteiger partial charge < -0.3 is 10.3 Å². The highest BCUT2D eigenvalue weighted by molar-refractivity contribution is 7.89. The molecule has 0 amide bonds. The molecule has 1 aliphatic heterocycles. The van der Waals surface area contributed by atoms with E-state index in [1.807, 2.05) is 14.0 Å². The SMILES string of the molecule is CNCc1cc(S(=O)(=O)N2CC(C)CC(C)C2C)c[nH]1. The Balaban J connectivity index is 2.28. The average molecular weight is 299 g/mol. The third-order valence-corrected chi connectivity index (χ3v) is 6.16. The molecule has 1 aromatic heterocycles. The summed E-state index contributed by atoms with van der Waals surface area (Å²) in [7, 11) is -1.56. The molecule has 6 heteroatoms. The maximum absolute atomic E-state index is 12.8. The molecular weight excluding hydrogens is 274 g/mol. The molecule has 3 atom stereocenters. The second-order valence-electron chi connectivity index (χ2n) is 6.02. The van der Waals surface area contributed by atoms with Crippen LogP contribution in [0.2, 0.25) is 0 Å². The molecule has 3 unspecified atom stereocenters. The lowest BCUT2D eigenvalue weighted by Crippen LogP contribution is -2.48. The van der Waals surface area contributed by atoms with Gasteiger partial charge in [0.1, 0.15) is 0 Å². The Morgan fingerprint density at radius 1 is 1.40 bits per heavy atom. The van der Waals surface area contributed by atoms with Crippen LogP contribution < -0.4 is 5.32 Å². The predicted molar refractivity (Wildman–Crippen MR) is 79.9 cm³/mol. The van der Waals surface area contributed by atoms with Crippen molar-refractivity contribution in [2.45, 2.75) is 44.7 Å². The number of hydrogen-bond acceptors (Lipinski definition) is 3. The summed E-state index contributed by atoms with van der Waals surface area (Å²) in [4.78, 5) is 3.39. The number of piperidine rings is 1. The second kappa shape index (κ2) is 5.87.